The second kappa shape index (κ2) is 3.45. The van der Waals surface area contributed by atoms with Gasteiger partial charge in [-0.3, -0.25) is 0 Å². The number of benzene rings is 1. The number of nitrogen functional groups attached to an aromatic ring is 2. The summed E-state index contributed by atoms with van der Waals surface area (Å²) in [6.45, 7) is 0. The van der Waals surface area contributed by atoms with E-state index in [1.807, 2.05) is 0 Å². The van der Waals surface area contributed by atoms with E-state index < -0.39 is 5.97 Å². The summed E-state index contributed by atoms with van der Waals surface area (Å²) in [7, 11) is 3.59. The van der Waals surface area contributed by atoms with Crippen molar-refractivity contribution in [3.8, 4) is 0 Å². The smallest absolute Gasteiger partial charge is 0.335 e. The Kier molecular flexibility index (Phi) is 2.51. The Bertz CT molecular complexity index is 351. The summed E-state index contributed by atoms with van der Waals surface area (Å²) in [6.07, 6.45) is 0. The van der Waals surface area contributed by atoms with Gasteiger partial charge in [0.25, 0.3) is 0 Å². The predicted octanol–water partition coefficient (Wildman–Crippen LogP) is 0.615. The van der Waals surface area contributed by atoms with Gasteiger partial charge in [-0.05, 0) is 12.1 Å². The lowest BCUT2D eigenvalue weighted by atomic mass is 10.1. The highest BCUT2D eigenvalue weighted by atomic mass is 16.4. The van der Waals surface area contributed by atoms with Gasteiger partial charge in [-0.15, -0.1) is 0 Å². The molecular formula is C9H13N3O2. The van der Waals surface area contributed by atoms with Crippen LogP contribution in [0.2, 0.25) is 0 Å². The van der Waals surface area contributed by atoms with Crippen LogP contribution < -0.4 is 16.4 Å². The molecule has 1 aromatic rings. The Morgan fingerprint density at radius 3 is 2.00 bits per heavy atom. The molecule has 0 saturated carbocycles. The Morgan fingerprint density at radius 2 is 1.71 bits per heavy atom. The molecule has 14 heavy (non-hydrogen) atoms. The van der Waals surface area contributed by atoms with Gasteiger partial charge in [0.15, 0.2) is 0 Å². The first-order valence-corrected chi connectivity index (χ1v) is 4.03. The highest BCUT2D eigenvalue weighted by Crippen LogP contribution is 2.30. The molecule has 1 rings (SSSR count). The molecule has 0 heterocycles. The van der Waals surface area contributed by atoms with Crippen LogP contribution in [0.5, 0.6) is 0 Å². The third kappa shape index (κ3) is 1.71. The van der Waals surface area contributed by atoms with Gasteiger partial charge < -0.3 is 21.5 Å². The summed E-state index contributed by atoms with van der Waals surface area (Å²) < 4.78 is 0. The Hall–Kier alpha value is -1.91. The summed E-state index contributed by atoms with van der Waals surface area (Å²) in [4.78, 5) is 12.4. The average molecular weight is 195 g/mol. The van der Waals surface area contributed by atoms with Gasteiger partial charge >= 0.3 is 5.97 Å². The maximum absolute atomic E-state index is 10.7. The third-order valence-corrected chi connectivity index (χ3v) is 1.86. The molecule has 0 spiro atoms. The van der Waals surface area contributed by atoms with Crippen molar-refractivity contribution in [2.24, 2.45) is 0 Å². The van der Waals surface area contributed by atoms with Gasteiger partial charge in [0, 0.05) is 14.1 Å². The molecule has 0 aromatic heterocycles. The van der Waals surface area contributed by atoms with Crippen LogP contribution in [0.1, 0.15) is 10.4 Å². The van der Waals surface area contributed by atoms with Crippen LogP contribution in [0.3, 0.4) is 0 Å². The predicted molar refractivity (Wildman–Crippen MR) is 56.6 cm³/mol. The van der Waals surface area contributed by atoms with Gasteiger partial charge in [0.2, 0.25) is 0 Å². The highest BCUT2D eigenvalue weighted by Gasteiger charge is 2.11. The van der Waals surface area contributed by atoms with E-state index in [1.54, 1.807) is 19.0 Å². The van der Waals surface area contributed by atoms with Crippen molar-refractivity contribution in [3.63, 3.8) is 0 Å². The zero-order chi connectivity index (χ0) is 10.9. The molecular weight excluding hydrogens is 182 g/mol. The lowest BCUT2D eigenvalue weighted by Crippen LogP contribution is -2.14. The zero-order valence-electron chi connectivity index (χ0n) is 8.11. The minimum atomic E-state index is -1.03. The molecule has 5 N–H and O–H groups in total. The molecule has 0 atom stereocenters. The van der Waals surface area contributed by atoms with Crippen LogP contribution in [0, 0.1) is 0 Å². The third-order valence-electron chi connectivity index (χ3n) is 1.86. The van der Waals surface area contributed by atoms with Crippen LogP contribution >= 0.6 is 0 Å². The lowest BCUT2D eigenvalue weighted by Gasteiger charge is -2.18. The topological polar surface area (TPSA) is 92.6 Å². The Morgan fingerprint density at radius 1 is 1.29 bits per heavy atom. The average Bonchev–Trinajstić information content (AvgIpc) is 2.01. The highest BCUT2D eigenvalue weighted by molar-refractivity contribution is 5.94. The van der Waals surface area contributed by atoms with E-state index in [0.29, 0.717) is 17.1 Å². The largest absolute Gasteiger partial charge is 0.478 e. The van der Waals surface area contributed by atoms with Gasteiger partial charge in [-0.2, -0.15) is 0 Å². The summed E-state index contributed by atoms with van der Waals surface area (Å²) in [5, 5.41) is 8.74. The second-order valence-corrected chi connectivity index (χ2v) is 3.20. The second-order valence-electron chi connectivity index (χ2n) is 3.20. The normalized spacial score (nSPS) is 9.86. The molecule has 0 aliphatic rings. The lowest BCUT2D eigenvalue weighted by molar-refractivity contribution is 0.0697. The van der Waals surface area contributed by atoms with Gasteiger partial charge in [-0.1, -0.05) is 0 Å². The SMILES string of the molecule is CN(C)c1c(N)cc(C(=O)O)cc1N. The number of carbonyl (C=O) groups is 1. The summed E-state index contributed by atoms with van der Waals surface area (Å²) in [5.74, 6) is -1.03. The maximum Gasteiger partial charge on any atom is 0.335 e. The van der Waals surface area contributed by atoms with E-state index in [4.69, 9.17) is 16.6 Å². The van der Waals surface area contributed by atoms with Crippen LogP contribution in [0.25, 0.3) is 0 Å². The number of carboxylic acid groups (broad SMARTS) is 1. The van der Waals surface area contributed by atoms with Crippen LogP contribution in [0.15, 0.2) is 12.1 Å². The number of nitrogens with zero attached hydrogens (tertiary/aromatic N) is 1. The molecule has 5 heteroatoms. The van der Waals surface area contributed by atoms with Crippen molar-refractivity contribution in [2.45, 2.75) is 0 Å². The Labute approximate surface area is 81.9 Å². The molecule has 0 aliphatic carbocycles. The fourth-order valence-corrected chi connectivity index (χ4v) is 1.32. The molecule has 0 fully saturated rings. The molecule has 0 unspecified atom stereocenters. The van der Waals surface area contributed by atoms with Crippen molar-refractivity contribution >= 4 is 23.0 Å². The minimum Gasteiger partial charge on any atom is -0.478 e. The van der Waals surface area contributed by atoms with Gasteiger partial charge in [0.05, 0.1) is 22.6 Å². The van der Waals surface area contributed by atoms with E-state index in [9.17, 15) is 4.79 Å². The van der Waals surface area contributed by atoms with E-state index in [0.717, 1.165) is 0 Å². The summed E-state index contributed by atoms with van der Waals surface area (Å²) in [6, 6.07) is 2.79. The first-order valence-electron chi connectivity index (χ1n) is 4.03. The molecule has 76 valence electrons. The van der Waals surface area contributed by atoms with Crippen molar-refractivity contribution < 1.29 is 9.90 Å². The quantitative estimate of drug-likeness (QED) is 0.601. The van der Waals surface area contributed by atoms with E-state index >= 15 is 0 Å². The van der Waals surface area contributed by atoms with E-state index in [2.05, 4.69) is 0 Å². The number of nitrogens with two attached hydrogens (primary N) is 2. The molecule has 5 nitrogen and oxygen atoms in total. The zero-order valence-corrected chi connectivity index (χ0v) is 8.11. The van der Waals surface area contributed by atoms with Crippen LogP contribution in [0.4, 0.5) is 17.1 Å². The van der Waals surface area contributed by atoms with Crippen molar-refractivity contribution in [1.29, 1.82) is 0 Å². The first kappa shape index (κ1) is 10.2. The Balaban J connectivity index is 3.32. The van der Waals surface area contributed by atoms with Crippen LogP contribution in [-0.4, -0.2) is 25.2 Å². The molecule has 0 radical (unpaired) electrons. The maximum atomic E-state index is 10.7. The number of carboxylic acids is 1. The van der Waals surface area contributed by atoms with E-state index in [1.165, 1.54) is 12.1 Å². The van der Waals surface area contributed by atoms with Gasteiger partial charge in [0.1, 0.15) is 0 Å². The standard InChI is InChI=1S/C9H13N3O2/c1-12(2)8-6(10)3-5(9(13)14)4-7(8)11/h3-4H,10-11H2,1-2H3,(H,13,14). The number of hydrogen-bond acceptors (Lipinski definition) is 4. The molecule has 0 bridgehead atoms. The molecule has 0 saturated heterocycles. The van der Waals surface area contributed by atoms with E-state index in [-0.39, 0.29) is 5.56 Å². The summed E-state index contributed by atoms with van der Waals surface area (Å²) in [5.41, 5.74) is 12.8. The van der Waals surface area contributed by atoms with Crippen LogP contribution in [-0.2, 0) is 0 Å². The van der Waals surface area contributed by atoms with Crippen molar-refractivity contribution in [1.82, 2.24) is 0 Å². The minimum absolute atomic E-state index is 0.102. The van der Waals surface area contributed by atoms with Crippen molar-refractivity contribution in [2.75, 3.05) is 30.5 Å². The van der Waals surface area contributed by atoms with Gasteiger partial charge in [-0.25, -0.2) is 4.79 Å². The number of rotatable bonds is 2. The van der Waals surface area contributed by atoms with Crippen molar-refractivity contribution in [3.05, 3.63) is 17.7 Å². The fourth-order valence-electron chi connectivity index (χ4n) is 1.32. The summed E-state index contributed by atoms with van der Waals surface area (Å²) >= 11 is 0. The molecule has 0 amide bonds. The molecule has 0 aliphatic heterocycles. The number of aromatic carboxylic acids is 1. The number of hydrogen-bond donors (Lipinski definition) is 3. The number of anilines is 3. The monoisotopic (exact) mass is 195 g/mol. The first-order chi connectivity index (χ1) is 6.43. The fraction of sp³-hybridized carbons (Fsp3) is 0.222. The molecule has 1 aromatic carbocycles.